The molecule has 3 rings (SSSR count). The van der Waals surface area contributed by atoms with Crippen LogP contribution in [-0.2, 0) is 6.54 Å². The molecule has 0 bridgehead atoms. The van der Waals surface area contributed by atoms with Crippen LogP contribution in [0.5, 0.6) is 5.75 Å². The lowest BCUT2D eigenvalue weighted by Crippen LogP contribution is -2.16. The summed E-state index contributed by atoms with van der Waals surface area (Å²) in [5, 5.41) is 18.1. The number of hydrogen-bond donors (Lipinski definition) is 1. The van der Waals surface area contributed by atoms with E-state index in [1.807, 2.05) is 0 Å². The summed E-state index contributed by atoms with van der Waals surface area (Å²) in [6, 6.07) is 5.12. The quantitative estimate of drug-likeness (QED) is 0.640. The third-order valence-corrected chi connectivity index (χ3v) is 3.22. The maximum Gasteiger partial charge on any atom is 0.311 e. The first-order chi connectivity index (χ1) is 10.2. The Kier molecular flexibility index (Phi) is 3.53. The Morgan fingerprint density at radius 3 is 3.00 bits per heavy atom. The molecule has 1 saturated carbocycles. The predicted octanol–water partition coefficient (Wildman–Crippen LogP) is 1.91. The van der Waals surface area contributed by atoms with Gasteiger partial charge < -0.3 is 14.6 Å². The average molecular weight is 290 g/mol. The van der Waals surface area contributed by atoms with Gasteiger partial charge in [0.25, 0.3) is 5.89 Å². The molecule has 0 spiro atoms. The summed E-state index contributed by atoms with van der Waals surface area (Å²) >= 11 is 0. The van der Waals surface area contributed by atoms with Gasteiger partial charge in [-0.25, -0.2) is 0 Å². The molecule has 8 nitrogen and oxygen atoms in total. The minimum atomic E-state index is -0.506. The van der Waals surface area contributed by atoms with Crippen molar-refractivity contribution >= 4 is 5.69 Å². The van der Waals surface area contributed by atoms with Gasteiger partial charge in [-0.3, -0.25) is 10.1 Å². The first-order valence-corrected chi connectivity index (χ1v) is 6.56. The van der Waals surface area contributed by atoms with Crippen LogP contribution in [-0.4, -0.2) is 28.2 Å². The largest absolute Gasteiger partial charge is 0.490 e. The molecule has 0 aliphatic heterocycles. The number of hydrogen-bond acceptors (Lipinski definition) is 7. The van der Waals surface area contributed by atoms with Gasteiger partial charge in [-0.05, 0) is 18.9 Å². The standard InChI is InChI=1S/C13H14N4O4/c1-20-12-9(3-2-4-10(12)17(18)19)13-15-11(16-21-13)7-14-8-5-6-8/h2-4,8,14H,5-7H2,1H3. The molecule has 0 saturated heterocycles. The second-order valence-electron chi connectivity index (χ2n) is 4.79. The summed E-state index contributed by atoms with van der Waals surface area (Å²) in [4.78, 5) is 14.7. The highest BCUT2D eigenvalue weighted by Gasteiger charge is 2.24. The van der Waals surface area contributed by atoms with Crippen LogP contribution in [0.15, 0.2) is 22.7 Å². The van der Waals surface area contributed by atoms with Crippen LogP contribution >= 0.6 is 0 Å². The van der Waals surface area contributed by atoms with E-state index in [2.05, 4.69) is 15.5 Å². The monoisotopic (exact) mass is 290 g/mol. The molecule has 2 aromatic rings. The number of methoxy groups -OCH3 is 1. The van der Waals surface area contributed by atoms with Gasteiger partial charge in [-0.15, -0.1) is 0 Å². The third-order valence-electron chi connectivity index (χ3n) is 3.22. The van der Waals surface area contributed by atoms with E-state index in [0.717, 1.165) is 0 Å². The molecular weight excluding hydrogens is 276 g/mol. The minimum absolute atomic E-state index is 0.118. The molecule has 1 heterocycles. The SMILES string of the molecule is COc1c(-c2nc(CNC3CC3)no2)cccc1[N+](=O)[O-]. The van der Waals surface area contributed by atoms with Crippen molar-refractivity contribution in [1.29, 1.82) is 0 Å². The van der Waals surface area contributed by atoms with Gasteiger partial charge in [0.1, 0.15) is 0 Å². The summed E-state index contributed by atoms with van der Waals surface area (Å²) < 4.78 is 10.3. The van der Waals surface area contributed by atoms with E-state index in [9.17, 15) is 10.1 Å². The first-order valence-electron chi connectivity index (χ1n) is 6.56. The van der Waals surface area contributed by atoms with Gasteiger partial charge >= 0.3 is 5.69 Å². The highest BCUT2D eigenvalue weighted by molar-refractivity contribution is 5.69. The first kappa shape index (κ1) is 13.5. The van der Waals surface area contributed by atoms with E-state index in [-0.39, 0.29) is 17.3 Å². The summed E-state index contributed by atoms with van der Waals surface area (Å²) in [5.74, 6) is 0.849. The second-order valence-corrected chi connectivity index (χ2v) is 4.79. The van der Waals surface area contributed by atoms with E-state index in [1.54, 1.807) is 12.1 Å². The molecule has 110 valence electrons. The van der Waals surface area contributed by atoms with Gasteiger partial charge in [0, 0.05) is 12.1 Å². The number of para-hydroxylation sites is 1. The highest BCUT2D eigenvalue weighted by Crippen LogP contribution is 2.36. The molecule has 0 atom stereocenters. The lowest BCUT2D eigenvalue weighted by atomic mass is 10.1. The van der Waals surface area contributed by atoms with Gasteiger partial charge in [0.05, 0.1) is 24.1 Å². The second kappa shape index (κ2) is 5.49. The average Bonchev–Trinajstić information content (AvgIpc) is 3.21. The van der Waals surface area contributed by atoms with E-state index in [0.29, 0.717) is 24.0 Å². The van der Waals surface area contributed by atoms with Gasteiger partial charge in [-0.2, -0.15) is 4.98 Å². The lowest BCUT2D eigenvalue weighted by Gasteiger charge is -2.04. The number of nitrogens with one attached hydrogen (secondary N) is 1. The summed E-state index contributed by atoms with van der Waals surface area (Å²) in [6.07, 6.45) is 2.34. The van der Waals surface area contributed by atoms with E-state index in [1.165, 1.54) is 26.0 Å². The Hall–Kier alpha value is -2.48. The zero-order valence-corrected chi connectivity index (χ0v) is 11.4. The van der Waals surface area contributed by atoms with E-state index < -0.39 is 4.92 Å². The Bertz CT molecular complexity index is 666. The van der Waals surface area contributed by atoms with Crippen molar-refractivity contribution in [3.8, 4) is 17.2 Å². The molecule has 21 heavy (non-hydrogen) atoms. The number of benzene rings is 1. The van der Waals surface area contributed by atoms with Crippen molar-refractivity contribution in [1.82, 2.24) is 15.5 Å². The van der Waals surface area contributed by atoms with Crippen LogP contribution < -0.4 is 10.1 Å². The zero-order valence-electron chi connectivity index (χ0n) is 11.4. The van der Waals surface area contributed by atoms with Crippen molar-refractivity contribution in [2.24, 2.45) is 0 Å². The molecule has 1 aliphatic rings. The van der Waals surface area contributed by atoms with Crippen molar-refractivity contribution in [3.05, 3.63) is 34.1 Å². The highest BCUT2D eigenvalue weighted by atomic mass is 16.6. The molecule has 8 heteroatoms. The maximum absolute atomic E-state index is 11.0. The Labute approximate surface area is 120 Å². The summed E-state index contributed by atoms with van der Waals surface area (Å²) in [5.41, 5.74) is 0.280. The fraction of sp³-hybridized carbons (Fsp3) is 0.385. The fourth-order valence-corrected chi connectivity index (χ4v) is 2.01. The third kappa shape index (κ3) is 2.84. The van der Waals surface area contributed by atoms with E-state index >= 15 is 0 Å². The van der Waals surface area contributed by atoms with Crippen LogP contribution in [0.1, 0.15) is 18.7 Å². The normalized spacial score (nSPS) is 14.1. The van der Waals surface area contributed by atoms with Gasteiger partial charge in [0.2, 0.25) is 5.75 Å². The molecular formula is C13H14N4O4. The Morgan fingerprint density at radius 1 is 1.52 bits per heavy atom. The minimum Gasteiger partial charge on any atom is -0.490 e. The van der Waals surface area contributed by atoms with Crippen molar-refractivity contribution in [2.75, 3.05) is 7.11 Å². The molecule has 1 aliphatic carbocycles. The molecule has 1 aromatic heterocycles. The number of nitro benzene ring substituents is 1. The number of nitro groups is 1. The van der Waals surface area contributed by atoms with Crippen molar-refractivity contribution < 1.29 is 14.2 Å². The Balaban J connectivity index is 1.88. The number of nitrogens with zero attached hydrogens (tertiary/aromatic N) is 3. The number of rotatable bonds is 6. The maximum atomic E-state index is 11.0. The lowest BCUT2D eigenvalue weighted by molar-refractivity contribution is -0.385. The number of aromatic nitrogens is 2. The summed E-state index contributed by atoms with van der Waals surface area (Å²) in [6.45, 7) is 0.519. The smallest absolute Gasteiger partial charge is 0.311 e. The van der Waals surface area contributed by atoms with Gasteiger partial charge in [0.15, 0.2) is 5.82 Å². The molecule has 1 aromatic carbocycles. The van der Waals surface area contributed by atoms with Crippen LogP contribution in [0.4, 0.5) is 5.69 Å². The van der Waals surface area contributed by atoms with Crippen LogP contribution in [0, 0.1) is 10.1 Å². The topological polar surface area (TPSA) is 103 Å². The van der Waals surface area contributed by atoms with E-state index in [4.69, 9.17) is 9.26 Å². The van der Waals surface area contributed by atoms with Crippen LogP contribution in [0.25, 0.3) is 11.5 Å². The molecule has 0 radical (unpaired) electrons. The summed E-state index contributed by atoms with van der Waals surface area (Å²) in [7, 11) is 1.37. The van der Waals surface area contributed by atoms with Gasteiger partial charge in [-0.1, -0.05) is 11.2 Å². The van der Waals surface area contributed by atoms with Crippen molar-refractivity contribution in [3.63, 3.8) is 0 Å². The van der Waals surface area contributed by atoms with Crippen LogP contribution in [0.2, 0.25) is 0 Å². The molecule has 0 amide bonds. The molecule has 1 fully saturated rings. The Morgan fingerprint density at radius 2 is 2.33 bits per heavy atom. The zero-order chi connectivity index (χ0) is 14.8. The molecule has 1 N–H and O–H groups in total. The number of ether oxygens (including phenoxy) is 1. The fourth-order valence-electron chi connectivity index (χ4n) is 2.01. The molecule has 0 unspecified atom stereocenters. The van der Waals surface area contributed by atoms with Crippen LogP contribution in [0.3, 0.4) is 0 Å². The van der Waals surface area contributed by atoms with Crippen molar-refractivity contribution in [2.45, 2.75) is 25.4 Å². The predicted molar refractivity (Wildman–Crippen MR) is 72.8 cm³/mol.